The van der Waals surface area contributed by atoms with E-state index in [2.05, 4.69) is 26.0 Å². The summed E-state index contributed by atoms with van der Waals surface area (Å²) in [6.07, 6.45) is 1.51. The zero-order chi connectivity index (χ0) is 10.8. The van der Waals surface area contributed by atoms with Crippen LogP contribution in [0.5, 0.6) is 0 Å². The first kappa shape index (κ1) is 10.3. The molecular weight excluding hydrogens is 256 g/mol. The van der Waals surface area contributed by atoms with Gasteiger partial charge in [0.15, 0.2) is 0 Å². The van der Waals surface area contributed by atoms with E-state index in [0.717, 1.165) is 15.9 Å². The van der Waals surface area contributed by atoms with Crippen LogP contribution in [-0.2, 0) is 7.05 Å². The van der Waals surface area contributed by atoms with E-state index in [9.17, 15) is 0 Å². The van der Waals surface area contributed by atoms with Gasteiger partial charge in [-0.25, -0.2) is 4.98 Å². The van der Waals surface area contributed by atoms with Gasteiger partial charge in [0.1, 0.15) is 12.2 Å². The standard InChI is InChI=1S/C10H11BrN4/c1-15-10(13-6-14-15)9(12)7-4-2-3-5-8(7)11/h2-6,9H,12H2,1H3. The van der Waals surface area contributed by atoms with Crippen LogP contribution < -0.4 is 5.73 Å². The maximum atomic E-state index is 6.11. The molecule has 0 aliphatic rings. The lowest BCUT2D eigenvalue weighted by atomic mass is 10.1. The fraction of sp³-hybridized carbons (Fsp3) is 0.200. The molecule has 2 aromatic rings. The van der Waals surface area contributed by atoms with Crippen LogP contribution >= 0.6 is 15.9 Å². The Morgan fingerprint density at radius 2 is 2.13 bits per heavy atom. The molecular formula is C10H11BrN4. The fourth-order valence-electron chi connectivity index (χ4n) is 1.45. The zero-order valence-electron chi connectivity index (χ0n) is 8.26. The minimum absolute atomic E-state index is 0.256. The Kier molecular flexibility index (Phi) is 2.83. The Labute approximate surface area is 96.3 Å². The summed E-state index contributed by atoms with van der Waals surface area (Å²) in [4.78, 5) is 4.14. The van der Waals surface area contributed by atoms with E-state index in [1.807, 2.05) is 31.3 Å². The summed E-state index contributed by atoms with van der Waals surface area (Å²) in [7, 11) is 1.83. The lowest BCUT2D eigenvalue weighted by Crippen LogP contribution is -2.17. The van der Waals surface area contributed by atoms with Crippen molar-refractivity contribution in [1.29, 1.82) is 0 Å². The summed E-state index contributed by atoms with van der Waals surface area (Å²) in [6, 6.07) is 7.59. The maximum Gasteiger partial charge on any atom is 0.148 e. The number of halogens is 1. The molecule has 1 aromatic carbocycles. The van der Waals surface area contributed by atoms with Gasteiger partial charge in [-0.3, -0.25) is 4.68 Å². The summed E-state index contributed by atoms with van der Waals surface area (Å²) < 4.78 is 2.67. The first-order chi connectivity index (χ1) is 7.20. The summed E-state index contributed by atoms with van der Waals surface area (Å²) in [5.74, 6) is 0.752. The van der Waals surface area contributed by atoms with Gasteiger partial charge in [0.05, 0.1) is 6.04 Å². The van der Waals surface area contributed by atoms with Gasteiger partial charge in [-0.1, -0.05) is 34.1 Å². The molecule has 0 aliphatic heterocycles. The van der Waals surface area contributed by atoms with E-state index in [0.29, 0.717) is 0 Å². The van der Waals surface area contributed by atoms with Crippen LogP contribution in [0.4, 0.5) is 0 Å². The summed E-state index contributed by atoms with van der Waals surface area (Å²) in [5.41, 5.74) is 7.12. The van der Waals surface area contributed by atoms with Gasteiger partial charge < -0.3 is 5.73 Å². The third-order valence-corrected chi connectivity index (χ3v) is 2.99. The third-order valence-electron chi connectivity index (χ3n) is 2.26. The molecule has 1 unspecified atom stereocenters. The number of rotatable bonds is 2. The predicted octanol–water partition coefficient (Wildman–Crippen LogP) is 1.63. The van der Waals surface area contributed by atoms with Gasteiger partial charge in [0.2, 0.25) is 0 Å². The van der Waals surface area contributed by atoms with E-state index in [1.165, 1.54) is 6.33 Å². The molecule has 2 N–H and O–H groups in total. The van der Waals surface area contributed by atoms with Crippen LogP contribution in [0.25, 0.3) is 0 Å². The average molecular weight is 267 g/mol. The third kappa shape index (κ3) is 1.93. The van der Waals surface area contributed by atoms with Gasteiger partial charge in [0.25, 0.3) is 0 Å². The minimum atomic E-state index is -0.256. The largest absolute Gasteiger partial charge is 0.318 e. The normalized spacial score (nSPS) is 12.7. The highest BCUT2D eigenvalue weighted by molar-refractivity contribution is 9.10. The monoisotopic (exact) mass is 266 g/mol. The van der Waals surface area contributed by atoms with Crippen molar-refractivity contribution in [3.05, 3.63) is 46.5 Å². The van der Waals surface area contributed by atoms with Crippen molar-refractivity contribution >= 4 is 15.9 Å². The molecule has 0 aliphatic carbocycles. The lowest BCUT2D eigenvalue weighted by molar-refractivity contribution is 0.658. The molecule has 0 bridgehead atoms. The van der Waals surface area contributed by atoms with Gasteiger partial charge in [-0.15, -0.1) is 0 Å². The second-order valence-corrected chi connectivity index (χ2v) is 4.10. The quantitative estimate of drug-likeness (QED) is 0.899. The number of benzene rings is 1. The Morgan fingerprint density at radius 1 is 1.40 bits per heavy atom. The van der Waals surface area contributed by atoms with Crippen molar-refractivity contribution < 1.29 is 0 Å². The summed E-state index contributed by atoms with van der Waals surface area (Å²) in [5, 5.41) is 4.00. The number of hydrogen-bond donors (Lipinski definition) is 1. The van der Waals surface area contributed by atoms with Crippen LogP contribution in [-0.4, -0.2) is 14.8 Å². The molecule has 2 rings (SSSR count). The van der Waals surface area contributed by atoms with E-state index in [4.69, 9.17) is 5.73 Å². The number of aromatic nitrogens is 3. The van der Waals surface area contributed by atoms with Gasteiger partial charge >= 0.3 is 0 Å². The van der Waals surface area contributed by atoms with E-state index < -0.39 is 0 Å². The predicted molar refractivity (Wildman–Crippen MR) is 61.2 cm³/mol. The second kappa shape index (κ2) is 4.12. The Morgan fingerprint density at radius 3 is 2.73 bits per heavy atom. The van der Waals surface area contributed by atoms with Crippen LogP contribution in [0.15, 0.2) is 35.1 Å². The number of hydrogen-bond acceptors (Lipinski definition) is 3. The van der Waals surface area contributed by atoms with Gasteiger partial charge in [-0.05, 0) is 11.6 Å². The SMILES string of the molecule is Cn1ncnc1C(N)c1ccccc1Br. The molecule has 78 valence electrons. The van der Waals surface area contributed by atoms with Crippen molar-refractivity contribution in [1.82, 2.24) is 14.8 Å². The highest BCUT2D eigenvalue weighted by Gasteiger charge is 2.15. The summed E-state index contributed by atoms with van der Waals surface area (Å²) in [6.45, 7) is 0. The van der Waals surface area contributed by atoms with Crippen LogP contribution in [0.3, 0.4) is 0 Å². The van der Waals surface area contributed by atoms with E-state index in [-0.39, 0.29) is 6.04 Å². The molecule has 1 heterocycles. The Hall–Kier alpha value is -1.20. The van der Waals surface area contributed by atoms with Crippen molar-refractivity contribution in [2.45, 2.75) is 6.04 Å². The number of nitrogens with two attached hydrogens (primary N) is 1. The fourth-order valence-corrected chi connectivity index (χ4v) is 1.98. The molecule has 0 saturated carbocycles. The van der Waals surface area contributed by atoms with Crippen molar-refractivity contribution in [2.75, 3.05) is 0 Å². The minimum Gasteiger partial charge on any atom is -0.318 e. The molecule has 0 fully saturated rings. The molecule has 0 amide bonds. The van der Waals surface area contributed by atoms with Crippen molar-refractivity contribution in [3.8, 4) is 0 Å². The van der Waals surface area contributed by atoms with Crippen LogP contribution in [0, 0.1) is 0 Å². The smallest absolute Gasteiger partial charge is 0.148 e. The van der Waals surface area contributed by atoms with Crippen LogP contribution in [0.1, 0.15) is 17.4 Å². The van der Waals surface area contributed by atoms with Crippen molar-refractivity contribution in [3.63, 3.8) is 0 Å². The number of aryl methyl sites for hydroxylation is 1. The first-order valence-corrected chi connectivity index (χ1v) is 5.33. The molecule has 4 nitrogen and oxygen atoms in total. The highest BCUT2D eigenvalue weighted by Crippen LogP contribution is 2.24. The van der Waals surface area contributed by atoms with Crippen LogP contribution in [0.2, 0.25) is 0 Å². The lowest BCUT2D eigenvalue weighted by Gasteiger charge is -2.12. The zero-order valence-corrected chi connectivity index (χ0v) is 9.85. The van der Waals surface area contributed by atoms with E-state index in [1.54, 1.807) is 4.68 Å². The van der Waals surface area contributed by atoms with Gasteiger partial charge in [0, 0.05) is 11.5 Å². The molecule has 1 atom stereocenters. The average Bonchev–Trinajstić information content (AvgIpc) is 2.64. The molecule has 5 heteroatoms. The molecule has 0 spiro atoms. The van der Waals surface area contributed by atoms with Crippen molar-refractivity contribution in [2.24, 2.45) is 12.8 Å². The first-order valence-electron chi connectivity index (χ1n) is 4.54. The Balaban J connectivity index is 2.41. The Bertz CT molecular complexity index is 466. The molecule has 1 aromatic heterocycles. The molecule has 15 heavy (non-hydrogen) atoms. The molecule has 0 radical (unpaired) electrons. The number of nitrogens with zero attached hydrogens (tertiary/aromatic N) is 3. The molecule has 0 saturated heterocycles. The second-order valence-electron chi connectivity index (χ2n) is 3.24. The van der Waals surface area contributed by atoms with Gasteiger partial charge in [-0.2, -0.15) is 5.10 Å². The highest BCUT2D eigenvalue weighted by atomic mass is 79.9. The topological polar surface area (TPSA) is 56.7 Å². The van der Waals surface area contributed by atoms with E-state index >= 15 is 0 Å². The maximum absolute atomic E-state index is 6.11. The summed E-state index contributed by atoms with van der Waals surface area (Å²) >= 11 is 3.47.